The summed E-state index contributed by atoms with van der Waals surface area (Å²) in [5.74, 6) is -0.156. The molecular formula is C14H16N2O2. The third-order valence-electron chi connectivity index (χ3n) is 2.90. The Morgan fingerprint density at radius 1 is 1.50 bits per heavy atom. The molecule has 0 saturated carbocycles. The van der Waals surface area contributed by atoms with Crippen LogP contribution in [-0.4, -0.2) is 29.7 Å². The second kappa shape index (κ2) is 5.06. The first-order chi connectivity index (χ1) is 8.69. The molecule has 0 fully saturated rings. The molecule has 4 nitrogen and oxygen atoms in total. The first-order valence-electron chi connectivity index (χ1n) is 5.70. The Labute approximate surface area is 106 Å². The Balaban J connectivity index is 2.57. The lowest BCUT2D eigenvalue weighted by molar-refractivity contribution is -0.0755. The van der Waals surface area contributed by atoms with Crippen LogP contribution in [0.15, 0.2) is 43.1 Å². The fourth-order valence-corrected chi connectivity index (χ4v) is 1.96. The summed E-state index contributed by atoms with van der Waals surface area (Å²) in [6.45, 7) is 4.40. The van der Waals surface area contributed by atoms with Crippen molar-refractivity contribution in [1.82, 2.24) is 9.63 Å². The third-order valence-corrected chi connectivity index (χ3v) is 2.90. The number of carbonyl (C=O) groups is 1. The monoisotopic (exact) mass is 244 g/mol. The summed E-state index contributed by atoms with van der Waals surface area (Å²) in [6.07, 6.45) is 3.64. The van der Waals surface area contributed by atoms with Crippen LogP contribution in [0.2, 0.25) is 0 Å². The highest BCUT2D eigenvalue weighted by Gasteiger charge is 2.17. The van der Waals surface area contributed by atoms with Crippen LogP contribution in [0.1, 0.15) is 10.4 Å². The first-order valence-corrected chi connectivity index (χ1v) is 5.70. The molecule has 0 aliphatic rings. The number of para-hydroxylation sites is 1. The lowest BCUT2D eigenvalue weighted by Crippen LogP contribution is -2.25. The van der Waals surface area contributed by atoms with E-state index in [9.17, 15) is 4.79 Å². The van der Waals surface area contributed by atoms with E-state index in [1.807, 2.05) is 35.0 Å². The number of hydrogen-bond acceptors (Lipinski definition) is 2. The standard InChI is InChI=1S/C14H16N2O2/c1-4-9-16-10-12(14(17)15(2)18-3)11-7-5-6-8-13(11)16/h4-8,10H,1,9H2,2-3H3. The fraction of sp³-hybridized carbons (Fsp3) is 0.214. The minimum atomic E-state index is -0.156. The third kappa shape index (κ3) is 2.02. The number of amides is 1. The molecular weight excluding hydrogens is 228 g/mol. The van der Waals surface area contributed by atoms with E-state index in [2.05, 4.69) is 6.58 Å². The van der Waals surface area contributed by atoms with Crippen molar-refractivity contribution in [1.29, 1.82) is 0 Å². The quantitative estimate of drug-likeness (QED) is 0.611. The molecule has 0 spiro atoms. The van der Waals surface area contributed by atoms with Gasteiger partial charge in [0.25, 0.3) is 5.91 Å². The van der Waals surface area contributed by atoms with E-state index in [0.717, 1.165) is 10.9 Å². The van der Waals surface area contributed by atoms with Crippen molar-refractivity contribution < 1.29 is 9.63 Å². The smallest absolute Gasteiger partial charge is 0.279 e. The van der Waals surface area contributed by atoms with Crippen molar-refractivity contribution in [3.05, 3.63) is 48.7 Å². The predicted octanol–water partition coefficient (Wildman–Crippen LogP) is 2.46. The van der Waals surface area contributed by atoms with Gasteiger partial charge in [-0.2, -0.15) is 0 Å². The molecule has 1 aromatic heterocycles. The zero-order chi connectivity index (χ0) is 13.1. The average Bonchev–Trinajstić information content (AvgIpc) is 2.77. The predicted molar refractivity (Wildman–Crippen MR) is 71.2 cm³/mol. The van der Waals surface area contributed by atoms with Gasteiger partial charge in [-0.05, 0) is 6.07 Å². The van der Waals surface area contributed by atoms with Gasteiger partial charge >= 0.3 is 0 Å². The van der Waals surface area contributed by atoms with Crippen LogP contribution < -0.4 is 0 Å². The van der Waals surface area contributed by atoms with Gasteiger partial charge in [0.05, 0.1) is 12.7 Å². The van der Waals surface area contributed by atoms with E-state index >= 15 is 0 Å². The van der Waals surface area contributed by atoms with Gasteiger partial charge in [0.15, 0.2) is 0 Å². The van der Waals surface area contributed by atoms with Crippen LogP contribution in [0.3, 0.4) is 0 Å². The van der Waals surface area contributed by atoms with Crippen molar-refractivity contribution in [2.24, 2.45) is 0 Å². The van der Waals surface area contributed by atoms with Gasteiger partial charge in [0.1, 0.15) is 0 Å². The normalized spacial score (nSPS) is 10.6. The molecule has 0 aliphatic heterocycles. The number of allylic oxidation sites excluding steroid dienone is 1. The van der Waals surface area contributed by atoms with E-state index in [4.69, 9.17) is 4.84 Å². The maximum Gasteiger partial charge on any atom is 0.279 e. The molecule has 0 aliphatic carbocycles. The van der Waals surface area contributed by atoms with Crippen LogP contribution in [-0.2, 0) is 11.4 Å². The van der Waals surface area contributed by atoms with Crippen molar-refractivity contribution in [2.75, 3.05) is 14.2 Å². The fourth-order valence-electron chi connectivity index (χ4n) is 1.96. The molecule has 0 N–H and O–H groups in total. The highest BCUT2D eigenvalue weighted by molar-refractivity contribution is 6.06. The zero-order valence-corrected chi connectivity index (χ0v) is 10.6. The molecule has 1 amide bonds. The maximum absolute atomic E-state index is 12.2. The summed E-state index contributed by atoms with van der Waals surface area (Å²) in [7, 11) is 3.07. The number of carbonyl (C=O) groups excluding carboxylic acids is 1. The zero-order valence-electron chi connectivity index (χ0n) is 10.6. The molecule has 1 heterocycles. The molecule has 0 radical (unpaired) electrons. The highest BCUT2D eigenvalue weighted by Crippen LogP contribution is 2.22. The van der Waals surface area contributed by atoms with Gasteiger partial charge in [-0.3, -0.25) is 9.63 Å². The van der Waals surface area contributed by atoms with E-state index in [-0.39, 0.29) is 5.91 Å². The summed E-state index contributed by atoms with van der Waals surface area (Å²) in [6, 6.07) is 7.80. The van der Waals surface area contributed by atoms with Gasteiger partial charge in [-0.15, -0.1) is 6.58 Å². The number of benzene rings is 1. The van der Waals surface area contributed by atoms with Gasteiger partial charge in [-0.25, -0.2) is 5.06 Å². The summed E-state index contributed by atoms with van der Waals surface area (Å²) < 4.78 is 2.00. The van der Waals surface area contributed by atoms with Crippen LogP contribution in [0, 0.1) is 0 Å². The van der Waals surface area contributed by atoms with E-state index in [1.54, 1.807) is 13.1 Å². The Kier molecular flexibility index (Phi) is 3.48. The molecule has 18 heavy (non-hydrogen) atoms. The molecule has 4 heteroatoms. The van der Waals surface area contributed by atoms with Gasteiger partial charge in [-0.1, -0.05) is 24.3 Å². The summed E-state index contributed by atoms with van der Waals surface area (Å²) in [4.78, 5) is 17.1. The minimum Gasteiger partial charge on any atom is -0.343 e. The number of hydroxylamine groups is 2. The second-order valence-electron chi connectivity index (χ2n) is 3.99. The maximum atomic E-state index is 12.2. The number of rotatable bonds is 4. The molecule has 0 saturated heterocycles. The van der Waals surface area contributed by atoms with Crippen molar-refractivity contribution in [3.63, 3.8) is 0 Å². The summed E-state index contributed by atoms with van der Waals surface area (Å²) in [5.41, 5.74) is 1.65. The Morgan fingerprint density at radius 3 is 2.89 bits per heavy atom. The Morgan fingerprint density at radius 2 is 2.22 bits per heavy atom. The summed E-state index contributed by atoms with van der Waals surface area (Å²) in [5, 5.41) is 2.15. The lowest BCUT2D eigenvalue weighted by Gasteiger charge is -2.12. The Hall–Kier alpha value is -2.07. The number of hydrogen-bond donors (Lipinski definition) is 0. The van der Waals surface area contributed by atoms with Crippen LogP contribution in [0.5, 0.6) is 0 Å². The van der Waals surface area contributed by atoms with Crippen molar-refractivity contribution >= 4 is 16.8 Å². The topological polar surface area (TPSA) is 34.5 Å². The summed E-state index contributed by atoms with van der Waals surface area (Å²) >= 11 is 0. The average molecular weight is 244 g/mol. The number of fused-ring (bicyclic) bond motifs is 1. The molecule has 2 aromatic rings. The molecule has 94 valence electrons. The highest BCUT2D eigenvalue weighted by atomic mass is 16.7. The minimum absolute atomic E-state index is 0.156. The molecule has 0 unspecified atom stereocenters. The van der Waals surface area contributed by atoms with E-state index in [0.29, 0.717) is 12.1 Å². The lowest BCUT2D eigenvalue weighted by atomic mass is 10.1. The van der Waals surface area contributed by atoms with Crippen molar-refractivity contribution in [3.8, 4) is 0 Å². The van der Waals surface area contributed by atoms with Crippen LogP contribution in [0.4, 0.5) is 0 Å². The number of aromatic nitrogens is 1. The Bertz CT molecular complexity index is 586. The van der Waals surface area contributed by atoms with E-state index in [1.165, 1.54) is 12.2 Å². The molecule has 2 rings (SSSR count). The van der Waals surface area contributed by atoms with E-state index < -0.39 is 0 Å². The molecule has 0 atom stereocenters. The molecule has 1 aromatic carbocycles. The van der Waals surface area contributed by atoms with Gasteiger partial charge < -0.3 is 4.57 Å². The van der Waals surface area contributed by atoms with Crippen LogP contribution in [0.25, 0.3) is 10.9 Å². The van der Waals surface area contributed by atoms with Crippen LogP contribution >= 0.6 is 0 Å². The second-order valence-corrected chi connectivity index (χ2v) is 3.99. The largest absolute Gasteiger partial charge is 0.343 e. The number of nitrogens with zero attached hydrogens (tertiary/aromatic N) is 2. The van der Waals surface area contributed by atoms with Gasteiger partial charge in [0, 0.05) is 30.7 Å². The SMILES string of the molecule is C=CCn1cc(C(=O)N(C)OC)c2ccccc21. The van der Waals surface area contributed by atoms with Gasteiger partial charge in [0.2, 0.25) is 0 Å². The van der Waals surface area contributed by atoms with Crippen molar-refractivity contribution in [2.45, 2.75) is 6.54 Å². The molecule has 0 bridgehead atoms. The first kappa shape index (κ1) is 12.4.